The highest BCUT2D eigenvalue weighted by molar-refractivity contribution is 14.1. The van der Waals surface area contributed by atoms with Gasteiger partial charge in [0, 0.05) is 0 Å². The number of methoxy groups -OCH3 is 1. The number of amides is 1. The lowest BCUT2D eigenvalue weighted by molar-refractivity contribution is -0.139. The van der Waals surface area contributed by atoms with Crippen LogP contribution < -0.4 is 20.9 Å². The van der Waals surface area contributed by atoms with Crippen LogP contribution in [0.1, 0.15) is 25.3 Å². The lowest BCUT2D eigenvalue weighted by Crippen LogP contribution is -2.25. The molecule has 0 bridgehead atoms. The minimum atomic E-state index is -0.819. The minimum Gasteiger partial charge on any atom is -0.493 e. The number of rotatable bonds is 7. The Balaban J connectivity index is 2.65. The number of nitrogens with two attached hydrogens (primary N) is 2. The molecule has 4 N–H and O–H groups in total. The van der Waals surface area contributed by atoms with Crippen LogP contribution in [0.3, 0.4) is 0 Å². The molecular formula is C19H20IN3O6. The Morgan fingerprint density at radius 1 is 1.38 bits per heavy atom. The van der Waals surface area contributed by atoms with E-state index < -0.39 is 17.8 Å². The Morgan fingerprint density at radius 3 is 2.62 bits per heavy atom. The quantitative estimate of drug-likeness (QED) is 0.415. The van der Waals surface area contributed by atoms with Gasteiger partial charge >= 0.3 is 5.97 Å². The topological polar surface area (TPSA) is 147 Å². The number of carbonyl (C=O) groups excluding carboxylic acids is 2. The highest BCUT2D eigenvalue weighted by atomic mass is 127. The summed E-state index contributed by atoms with van der Waals surface area (Å²) in [6.45, 7) is 3.09. The molecule has 1 heterocycles. The maximum atomic E-state index is 12.6. The number of nitriles is 1. The number of esters is 1. The zero-order chi connectivity index (χ0) is 21.7. The van der Waals surface area contributed by atoms with Gasteiger partial charge in [-0.2, -0.15) is 5.26 Å². The summed E-state index contributed by atoms with van der Waals surface area (Å²) in [4.78, 5) is 23.7. The third-order valence-corrected chi connectivity index (χ3v) is 4.85. The van der Waals surface area contributed by atoms with E-state index in [9.17, 15) is 14.9 Å². The van der Waals surface area contributed by atoms with Crippen molar-refractivity contribution >= 4 is 34.5 Å². The van der Waals surface area contributed by atoms with E-state index in [0.29, 0.717) is 20.6 Å². The molecule has 0 aliphatic carbocycles. The maximum Gasteiger partial charge on any atom is 0.338 e. The first-order chi connectivity index (χ1) is 13.7. The van der Waals surface area contributed by atoms with Crippen molar-refractivity contribution < 1.29 is 28.5 Å². The smallest absolute Gasteiger partial charge is 0.338 e. The maximum absolute atomic E-state index is 12.6. The zero-order valence-electron chi connectivity index (χ0n) is 16.1. The second kappa shape index (κ2) is 9.51. The molecule has 154 valence electrons. The fourth-order valence-electron chi connectivity index (χ4n) is 2.88. The molecule has 2 rings (SSSR count). The van der Waals surface area contributed by atoms with Crippen LogP contribution in [0.15, 0.2) is 34.9 Å². The van der Waals surface area contributed by atoms with Crippen LogP contribution in [-0.2, 0) is 19.1 Å². The predicted octanol–water partition coefficient (Wildman–Crippen LogP) is 1.81. The first-order valence-corrected chi connectivity index (χ1v) is 9.56. The molecule has 10 heteroatoms. The Labute approximate surface area is 181 Å². The molecule has 0 fully saturated rings. The van der Waals surface area contributed by atoms with Crippen LogP contribution in [0.5, 0.6) is 11.5 Å². The molecule has 0 spiro atoms. The summed E-state index contributed by atoms with van der Waals surface area (Å²) in [5.74, 6) is -1.30. The van der Waals surface area contributed by atoms with Crippen molar-refractivity contribution in [3.8, 4) is 17.6 Å². The van der Waals surface area contributed by atoms with Gasteiger partial charge in [0.25, 0.3) is 5.91 Å². The van der Waals surface area contributed by atoms with Gasteiger partial charge in [0.15, 0.2) is 18.1 Å². The minimum absolute atomic E-state index is 0.0716. The summed E-state index contributed by atoms with van der Waals surface area (Å²) >= 11 is 2.00. The Hall–Kier alpha value is -2.94. The molecule has 1 unspecified atom stereocenters. The van der Waals surface area contributed by atoms with E-state index in [4.69, 9.17) is 30.4 Å². The molecule has 1 aliphatic rings. The van der Waals surface area contributed by atoms with Crippen molar-refractivity contribution in [3.05, 3.63) is 44.1 Å². The molecular weight excluding hydrogens is 493 g/mol. The van der Waals surface area contributed by atoms with Gasteiger partial charge in [-0.25, -0.2) is 4.79 Å². The molecule has 0 saturated heterocycles. The van der Waals surface area contributed by atoms with Crippen LogP contribution in [-0.4, -0.2) is 32.2 Å². The summed E-state index contributed by atoms with van der Waals surface area (Å²) in [6.07, 6.45) is 0. The van der Waals surface area contributed by atoms with Gasteiger partial charge < -0.3 is 30.4 Å². The number of primary amides is 1. The molecule has 0 aromatic heterocycles. The monoisotopic (exact) mass is 513 g/mol. The molecule has 0 radical (unpaired) electrons. The van der Waals surface area contributed by atoms with E-state index in [1.807, 2.05) is 28.7 Å². The van der Waals surface area contributed by atoms with Crippen molar-refractivity contribution in [3.63, 3.8) is 0 Å². The Morgan fingerprint density at radius 2 is 2.07 bits per heavy atom. The summed E-state index contributed by atoms with van der Waals surface area (Å²) in [7, 11) is 1.43. The normalized spacial score (nSPS) is 16.0. The summed E-state index contributed by atoms with van der Waals surface area (Å²) in [5, 5.41) is 9.65. The first-order valence-electron chi connectivity index (χ1n) is 8.49. The summed E-state index contributed by atoms with van der Waals surface area (Å²) in [5.41, 5.74) is 11.8. The van der Waals surface area contributed by atoms with Crippen molar-refractivity contribution in [1.29, 1.82) is 5.26 Å². The second-order valence-electron chi connectivity index (χ2n) is 5.90. The molecule has 1 aromatic rings. The number of carbonyl (C=O) groups is 2. The predicted molar refractivity (Wildman–Crippen MR) is 110 cm³/mol. The summed E-state index contributed by atoms with van der Waals surface area (Å²) in [6, 6.07) is 5.32. The van der Waals surface area contributed by atoms with Gasteiger partial charge in [-0.1, -0.05) is 0 Å². The number of allylic oxidation sites excluding steroid dienone is 2. The van der Waals surface area contributed by atoms with Crippen LogP contribution in [0.25, 0.3) is 0 Å². The highest BCUT2D eigenvalue weighted by Crippen LogP contribution is 2.43. The average molecular weight is 513 g/mol. The Kier molecular flexibility index (Phi) is 7.33. The zero-order valence-corrected chi connectivity index (χ0v) is 18.2. The molecule has 1 aliphatic heterocycles. The largest absolute Gasteiger partial charge is 0.493 e. The van der Waals surface area contributed by atoms with Crippen LogP contribution >= 0.6 is 22.6 Å². The fourth-order valence-corrected chi connectivity index (χ4v) is 3.66. The van der Waals surface area contributed by atoms with E-state index in [1.165, 1.54) is 7.11 Å². The fraction of sp³-hybridized carbons (Fsp3) is 0.316. The van der Waals surface area contributed by atoms with E-state index in [0.717, 1.165) is 0 Å². The Bertz CT molecular complexity index is 948. The van der Waals surface area contributed by atoms with Gasteiger partial charge in [0.05, 0.1) is 28.8 Å². The van der Waals surface area contributed by atoms with Crippen molar-refractivity contribution in [2.75, 3.05) is 20.3 Å². The highest BCUT2D eigenvalue weighted by Gasteiger charge is 2.37. The average Bonchev–Trinajstić information content (AvgIpc) is 2.65. The van der Waals surface area contributed by atoms with E-state index >= 15 is 0 Å². The molecule has 1 atom stereocenters. The van der Waals surface area contributed by atoms with Crippen LogP contribution in [0.2, 0.25) is 0 Å². The lowest BCUT2D eigenvalue weighted by atomic mass is 9.83. The number of benzene rings is 1. The molecule has 1 amide bonds. The second-order valence-corrected chi connectivity index (χ2v) is 7.07. The third kappa shape index (κ3) is 4.73. The van der Waals surface area contributed by atoms with Crippen molar-refractivity contribution in [2.24, 2.45) is 11.5 Å². The number of halogens is 1. The van der Waals surface area contributed by atoms with E-state index in [-0.39, 0.29) is 36.0 Å². The van der Waals surface area contributed by atoms with Gasteiger partial charge in [-0.05, 0) is 54.1 Å². The number of nitrogens with zero attached hydrogens (tertiary/aromatic N) is 1. The van der Waals surface area contributed by atoms with Gasteiger partial charge in [0.2, 0.25) is 5.88 Å². The summed E-state index contributed by atoms with van der Waals surface area (Å²) < 4.78 is 21.9. The van der Waals surface area contributed by atoms with Crippen LogP contribution in [0.4, 0.5) is 0 Å². The standard InChI is InChI=1S/C19H20IN3O6/c1-4-27-19(25)15-9(2)29-18(23)11(7-21)16(15)10-5-12(20)17(13(6-10)26-3)28-8-14(22)24/h5-6,16H,4,8,23H2,1-3H3,(H2,22,24). The number of hydrogen-bond acceptors (Lipinski definition) is 8. The number of hydrogen-bond donors (Lipinski definition) is 2. The van der Waals surface area contributed by atoms with Gasteiger partial charge in [-0.15, -0.1) is 0 Å². The molecule has 0 saturated carbocycles. The van der Waals surface area contributed by atoms with Crippen molar-refractivity contribution in [1.82, 2.24) is 0 Å². The van der Waals surface area contributed by atoms with Gasteiger partial charge in [-0.3, -0.25) is 4.79 Å². The molecule has 1 aromatic carbocycles. The molecule has 9 nitrogen and oxygen atoms in total. The van der Waals surface area contributed by atoms with Crippen molar-refractivity contribution in [2.45, 2.75) is 19.8 Å². The first kappa shape index (κ1) is 22.4. The third-order valence-electron chi connectivity index (χ3n) is 4.04. The van der Waals surface area contributed by atoms with Crippen LogP contribution in [0, 0.1) is 14.9 Å². The lowest BCUT2D eigenvalue weighted by Gasteiger charge is -2.27. The number of ether oxygens (including phenoxy) is 4. The molecule has 29 heavy (non-hydrogen) atoms. The van der Waals surface area contributed by atoms with Gasteiger partial charge in [0.1, 0.15) is 17.4 Å². The van der Waals surface area contributed by atoms with E-state index in [2.05, 4.69) is 0 Å². The van der Waals surface area contributed by atoms with E-state index in [1.54, 1.807) is 26.0 Å². The SMILES string of the molecule is CCOC(=O)C1=C(C)OC(N)=C(C#N)C1c1cc(I)c(OCC(N)=O)c(OC)c1.